The highest BCUT2D eigenvalue weighted by atomic mass is 35.5. The molecule has 154 valence electrons. The quantitative estimate of drug-likeness (QED) is 0.596. The van der Waals surface area contributed by atoms with Crippen LogP contribution < -0.4 is 4.74 Å². The molecule has 2 aromatic carbocycles. The van der Waals surface area contributed by atoms with Crippen molar-refractivity contribution in [3.8, 4) is 16.9 Å². The maximum atomic E-state index is 12.6. The van der Waals surface area contributed by atoms with Crippen LogP contribution in [0.5, 0.6) is 5.75 Å². The fraction of sp³-hybridized carbons (Fsp3) is 0.391. The molecular weight excluding hydrogens is 390 g/mol. The number of benzene rings is 2. The van der Waals surface area contributed by atoms with Crippen molar-refractivity contribution in [1.29, 1.82) is 0 Å². The van der Waals surface area contributed by atoms with Crippen LogP contribution in [0.3, 0.4) is 0 Å². The van der Waals surface area contributed by atoms with Crippen LogP contribution >= 0.6 is 11.6 Å². The SMILES string of the molecule is CCN(Cc1ccc(OC)cc1-c1cc(Cl)cc(CC(=O)OC)c1)C(=O)C1CC1. The number of methoxy groups -OCH3 is 2. The molecular formula is C23H26ClNO4. The van der Waals surface area contributed by atoms with Gasteiger partial charge < -0.3 is 14.4 Å². The number of nitrogens with zero attached hydrogens (tertiary/aromatic N) is 1. The van der Waals surface area contributed by atoms with Gasteiger partial charge in [0.1, 0.15) is 5.75 Å². The van der Waals surface area contributed by atoms with Gasteiger partial charge >= 0.3 is 5.97 Å². The van der Waals surface area contributed by atoms with E-state index in [4.69, 9.17) is 21.1 Å². The second-order valence-electron chi connectivity index (χ2n) is 7.25. The molecule has 0 radical (unpaired) electrons. The van der Waals surface area contributed by atoms with Crippen molar-refractivity contribution < 1.29 is 19.1 Å². The van der Waals surface area contributed by atoms with E-state index in [1.807, 2.05) is 42.2 Å². The number of ether oxygens (including phenoxy) is 2. The van der Waals surface area contributed by atoms with Crippen molar-refractivity contribution >= 4 is 23.5 Å². The monoisotopic (exact) mass is 415 g/mol. The van der Waals surface area contributed by atoms with E-state index in [-0.39, 0.29) is 24.2 Å². The van der Waals surface area contributed by atoms with Gasteiger partial charge in [0.15, 0.2) is 0 Å². The molecule has 0 spiro atoms. The average molecular weight is 416 g/mol. The topological polar surface area (TPSA) is 55.8 Å². The smallest absolute Gasteiger partial charge is 0.309 e. The van der Waals surface area contributed by atoms with Crippen LogP contribution in [-0.4, -0.2) is 37.5 Å². The van der Waals surface area contributed by atoms with Crippen LogP contribution in [0.15, 0.2) is 36.4 Å². The Bertz CT molecular complexity index is 908. The van der Waals surface area contributed by atoms with Crippen molar-refractivity contribution in [2.45, 2.75) is 32.7 Å². The molecule has 0 N–H and O–H groups in total. The van der Waals surface area contributed by atoms with Crippen molar-refractivity contribution in [2.24, 2.45) is 5.92 Å². The van der Waals surface area contributed by atoms with E-state index in [9.17, 15) is 9.59 Å². The fourth-order valence-electron chi connectivity index (χ4n) is 3.38. The lowest BCUT2D eigenvalue weighted by molar-refractivity contribution is -0.139. The van der Waals surface area contributed by atoms with Crippen molar-refractivity contribution in [1.82, 2.24) is 4.90 Å². The molecule has 1 aliphatic carbocycles. The number of carbonyl (C=O) groups is 2. The molecule has 0 atom stereocenters. The normalized spacial score (nSPS) is 13.1. The minimum Gasteiger partial charge on any atom is -0.497 e. The second-order valence-corrected chi connectivity index (χ2v) is 7.69. The van der Waals surface area contributed by atoms with E-state index in [1.54, 1.807) is 13.2 Å². The average Bonchev–Trinajstić information content (AvgIpc) is 3.56. The number of halogens is 1. The lowest BCUT2D eigenvalue weighted by atomic mass is 9.96. The standard InChI is InChI=1S/C23H26ClNO4/c1-4-25(23(27)16-5-6-16)14-17-7-8-20(28-2)13-21(17)18-9-15(10-19(24)12-18)11-22(26)29-3/h7-10,12-13,16H,4-6,11,14H2,1-3H3. The van der Waals surface area contributed by atoms with Crippen molar-refractivity contribution in [2.75, 3.05) is 20.8 Å². The van der Waals surface area contributed by atoms with E-state index >= 15 is 0 Å². The second kappa shape index (κ2) is 9.31. The summed E-state index contributed by atoms with van der Waals surface area (Å²) in [7, 11) is 2.98. The lowest BCUT2D eigenvalue weighted by Gasteiger charge is -2.23. The number of hydrogen-bond acceptors (Lipinski definition) is 4. The summed E-state index contributed by atoms with van der Waals surface area (Å²) in [6.45, 7) is 3.17. The van der Waals surface area contributed by atoms with Crippen molar-refractivity contribution in [3.05, 3.63) is 52.5 Å². The molecule has 3 rings (SSSR count). The summed E-state index contributed by atoms with van der Waals surface area (Å²) in [5.74, 6) is 0.785. The Morgan fingerprint density at radius 2 is 1.90 bits per heavy atom. The highest BCUT2D eigenvalue weighted by Gasteiger charge is 2.33. The fourth-order valence-corrected chi connectivity index (χ4v) is 3.63. The summed E-state index contributed by atoms with van der Waals surface area (Å²) in [6, 6.07) is 11.4. The lowest BCUT2D eigenvalue weighted by Crippen LogP contribution is -2.31. The van der Waals surface area contributed by atoms with Gasteiger partial charge in [0.25, 0.3) is 0 Å². The Kier molecular flexibility index (Phi) is 6.80. The van der Waals surface area contributed by atoms with E-state index in [0.717, 1.165) is 40.8 Å². The van der Waals surface area contributed by atoms with Gasteiger partial charge in [0, 0.05) is 24.0 Å². The zero-order valence-electron chi connectivity index (χ0n) is 17.0. The minimum atomic E-state index is -0.323. The Morgan fingerprint density at radius 3 is 2.52 bits per heavy atom. The summed E-state index contributed by atoms with van der Waals surface area (Å²) in [6.07, 6.45) is 2.11. The number of rotatable bonds is 8. The Morgan fingerprint density at radius 1 is 1.14 bits per heavy atom. The first-order valence-electron chi connectivity index (χ1n) is 9.77. The summed E-state index contributed by atoms with van der Waals surface area (Å²) >= 11 is 6.34. The molecule has 1 aliphatic rings. The van der Waals surface area contributed by atoms with Gasteiger partial charge in [-0.05, 0) is 66.3 Å². The molecule has 6 heteroatoms. The summed E-state index contributed by atoms with van der Waals surface area (Å²) < 4.78 is 10.2. The third-order valence-electron chi connectivity index (χ3n) is 5.14. The van der Waals surface area contributed by atoms with Crippen molar-refractivity contribution in [3.63, 3.8) is 0 Å². The molecule has 0 bridgehead atoms. The first-order chi connectivity index (χ1) is 13.9. The van der Waals surface area contributed by atoms with Gasteiger partial charge in [-0.3, -0.25) is 9.59 Å². The molecule has 1 amide bonds. The van der Waals surface area contributed by atoms with E-state index in [1.165, 1.54) is 7.11 Å². The number of hydrogen-bond donors (Lipinski definition) is 0. The molecule has 0 aromatic heterocycles. The minimum absolute atomic E-state index is 0.143. The molecule has 29 heavy (non-hydrogen) atoms. The van der Waals surface area contributed by atoms with Gasteiger partial charge in [0.05, 0.1) is 20.6 Å². The van der Waals surface area contributed by atoms with Gasteiger partial charge in [-0.1, -0.05) is 23.7 Å². The molecule has 0 heterocycles. The van der Waals surface area contributed by atoms with Crippen LogP contribution in [0.25, 0.3) is 11.1 Å². The molecule has 1 fully saturated rings. The molecule has 0 saturated heterocycles. The van der Waals surface area contributed by atoms with Crippen LogP contribution in [0.1, 0.15) is 30.9 Å². The van der Waals surface area contributed by atoms with E-state index in [2.05, 4.69) is 0 Å². The van der Waals surface area contributed by atoms with Gasteiger partial charge in [-0.15, -0.1) is 0 Å². The highest BCUT2D eigenvalue weighted by Crippen LogP contribution is 2.34. The number of carbonyl (C=O) groups excluding carboxylic acids is 2. The van der Waals surface area contributed by atoms with Gasteiger partial charge in [0.2, 0.25) is 5.91 Å². The summed E-state index contributed by atoms with van der Waals surface area (Å²) in [5, 5.41) is 0.538. The molecule has 2 aromatic rings. The first-order valence-corrected chi connectivity index (χ1v) is 10.1. The molecule has 0 aliphatic heterocycles. The van der Waals surface area contributed by atoms with Crippen LogP contribution in [0.4, 0.5) is 0 Å². The van der Waals surface area contributed by atoms with Gasteiger partial charge in [-0.2, -0.15) is 0 Å². The summed E-state index contributed by atoms with van der Waals surface area (Å²) in [5.41, 5.74) is 3.59. The van der Waals surface area contributed by atoms with Crippen LogP contribution in [0, 0.1) is 5.92 Å². The van der Waals surface area contributed by atoms with Gasteiger partial charge in [-0.25, -0.2) is 0 Å². The third-order valence-corrected chi connectivity index (χ3v) is 5.36. The maximum Gasteiger partial charge on any atom is 0.309 e. The molecule has 0 unspecified atom stereocenters. The zero-order valence-corrected chi connectivity index (χ0v) is 17.8. The predicted octanol–water partition coefficient (Wildman–Crippen LogP) is 4.49. The molecule has 5 nitrogen and oxygen atoms in total. The van der Waals surface area contributed by atoms with Crippen LogP contribution in [-0.2, 0) is 27.3 Å². The highest BCUT2D eigenvalue weighted by molar-refractivity contribution is 6.31. The van der Waals surface area contributed by atoms with E-state index in [0.29, 0.717) is 18.1 Å². The maximum absolute atomic E-state index is 12.6. The first kappa shape index (κ1) is 21.2. The third kappa shape index (κ3) is 5.30. The molecule has 1 saturated carbocycles. The van der Waals surface area contributed by atoms with E-state index < -0.39 is 0 Å². The summed E-state index contributed by atoms with van der Waals surface area (Å²) in [4.78, 5) is 26.2. The number of esters is 1. The Hall–Kier alpha value is -2.53. The Balaban J connectivity index is 1.99. The predicted molar refractivity (Wildman–Crippen MR) is 113 cm³/mol. The largest absolute Gasteiger partial charge is 0.497 e. The zero-order chi connectivity index (χ0) is 21.0. The number of amides is 1. The van der Waals surface area contributed by atoms with Crippen LogP contribution in [0.2, 0.25) is 5.02 Å². The Labute approximate surface area is 176 Å².